The summed E-state index contributed by atoms with van der Waals surface area (Å²) < 4.78 is 10.7. The van der Waals surface area contributed by atoms with Crippen molar-refractivity contribution < 1.29 is 19.1 Å². The van der Waals surface area contributed by atoms with Crippen LogP contribution in [0.2, 0.25) is 0 Å². The minimum Gasteiger partial charge on any atom is -0.445 e. The van der Waals surface area contributed by atoms with Crippen LogP contribution in [0.15, 0.2) is 30.3 Å². The van der Waals surface area contributed by atoms with Crippen molar-refractivity contribution in [2.24, 2.45) is 5.92 Å². The lowest BCUT2D eigenvalue weighted by Crippen LogP contribution is -2.52. The van der Waals surface area contributed by atoms with E-state index in [-0.39, 0.29) is 24.7 Å². The molecule has 0 radical (unpaired) electrons. The quantitative estimate of drug-likeness (QED) is 0.907. The summed E-state index contributed by atoms with van der Waals surface area (Å²) in [7, 11) is 0. The normalized spacial score (nSPS) is 20.7. The lowest BCUT2D eigenvalue weighted by atomic mass is 9.94. The summed E-state index contributed by atoms with van der Waals surface area (Å²) in [5.41, 5.74) is 0.445. The number of ether oxygens (including phenoxy) is 2. The van der Waals surface area contributed by atoms with Crippen LogP contribution in [-0.4, -0.2) is 41.8 Å². The number of carbonyl (C=O) groups is 2. The molecule has 0 aromatic heterocycles. The number of alkyl carbamates (subject to hydrolysis) is 1. The summed E-state index contributed by atoms with van der Waals surface area (Å²) in [6.45, 7) is 8.89. The Kier molecular flexibility index (Phi) is 6.28. The third-order valence-electron chi connectivity index (χ3n) is 4.07. The topological polar surface area (TPSA) is 67.9 Å². The molecule has 0 saturated carbocycles. The number of amides is 2. The standard InChI is InChI=1S/C19H28N2O4/c1-14-12-21(18(23)24-13-15-8-6-5-7-9-15)11-10-16(14)20-17(22)25-19(2,3)4/h5-9,14,16H,10-13H2,1-4H3,(H,20,22)/t14-,16+/m1/s1. The van der Waals surface area contributed by atoms with Crippen LogP contribution in [-0.2, 0) is 16.1 Å². The summed E-state index contributed by atoms with van der Waals surface area (Å²) in [4.78, 5) is 25.8. The first-order chi connectivity index (χ1) is 11.7. The molecule has 1 aromatic rings. The zero-order valence-corrected chi connectivity index (χ0v) is 15.5. The second-order valence-corrected chi connectivity index (χ2v) is 7.50. The number of rotatable bonds is 3. The van der Waals surface area contributed by atoms with Crippen LogP contribution in [0, 0.1) is 5.92 Å². The zero-order valence-electron chi connectivity index (χ0n) is 15.5. The van der Waals surface area contributed by atoms with Gasteiger partial charge in [-0.25, -0.2) is 9.59 Å². The Morgan fingerprint density at radius 2 is 1.92 bits per heavy atom. The van der Waals surface area contributed by atoms with Crippen LogP contribution in [0.1, 0.15) is 39.7 Å². The first-order valence-electron chi connectivity index (χ1n) is 8.70. The van der Waals surface area contributed by atoms with Crippen molar-refractivity contribution in [3.8, 4) is 0 Å². The highest BCUT2D eigenvalue weighted by atomic mass is 16.6. The van der Waals surface area contributed by atoms with Gasteiger partial charge in [-0.2, -0.15) is 0 Å². The van der Waals surface area contributed by atoms with E-state index in [0.717, 1.165) is 5.56 Å². The van der Waals surface area contributed by atoms with Crippen LogP contribution < -0.4 is 5.32 Å². The van der Waals surface area contributed by atoms with Crippen molar-refractivity contribution in [1.82, 2.24) is 10.2 Å². The van der Waals surface area contributed by atoms with E-state index in [0.29, 0.717) is 19.5 Å². The molecule has 25 heavy (non-hydrogen) atoms. The molecule has 1 aliphatic rings. The first-order valence-corrected chi connectivity index (χ1v) is 8.70. The smallest absolute Gasteiger partial charge is 0.410 e. The fourth-order valence-corrected chi connectivity index (χ4v) is 2.80. The van der Waals surface area contributed by atoms with E-state index >= 15 is 0 Å². The van der Waals surface area contributed by atoms with Crippen LogP contribution in [0.4, 0.5) is 9.59 Å². The number of hydrogen-bond acceptors (Lipinski definition) is 4. The summed E-state index contributed by atoms with van der Waals surface area (Å²) >= 11 is 0. The van der Waals surface area contributed by atoms with E-state index < -0.39 is 11.7 Å². The van der Waals surface area contributed by atoms with Gasteiger partial charge in [0.05, 0.1) is 0 Å². The predicted molar refractivity (Wildman–Crippen MR) is 95.1 cm³/mol. The molecule has 6 heteroatoms. The Bertz CT molecular complexity index is 583. The van der Waals surface area contributed by atoms with E-state index in [1.54, 1.807) is 4.90 Å². The molecule has 2 atom stereocenters. The Hall–Kier alpha value is -2.24. The highest BCUT2D eigenvalue weighted by molar-refractivity contribution is 5.69. The molecule has 1 aromatic carbocycles. The summed E-state index contributed by atoms with van der Waals surface area (Å²) in [5, 5.41) is 2.90. The molecule has 138 valence electrons. The average Bonchev–Trinajstić information content (AvgIpc) is 2.53. The van der Waals surface area contributed by atoms with E-state index in [1.165, 1.54) is 0 Å². The maximum Gasteiger partial charge on any atom is 0.410 e. The molecule has 2 amide bonds. The summed E-state index contributed by atoms with van der Waals surface area (Å²) in [6.07, 6.45) is -0.0446. The van der Waals surface area contributed by atoms with Gasteiger partial charge in [0.2, 0.25) is 0 Å². The second kappa shape index (κ2) is 8.23. The van der Waals surface area contributed by atoms with Gasteiger partial charge in [0.25, 0.3) is 0 Å². The van der Waals surface area contributed by atoms with Crippen LogP contribution in [0.3, 0.4) is 0 Å². The molecular weight excluding hydrogens is 320 g/mol. The molecule has 0 aliphatic carbocycles. The molecule has 2 rings (SSSR count). The monoisotopic (exact) mass is 348 g/mol. The van der Waals surface area contributed by atoms with E-state index in [4.69, 9.17) is 9.47 Å². The fourth-order valence-electron chi connectivity index (χ4n) is 2.80. The van der Waals surface area contributed by atoms with Crippen molar-refractivity contribution in [3.63, 3.8) is 0 Å². The number of carbonyl (C=O) groups excluding carboxylic acids is 2. The zero-order chi connectivity index (χ0) is 18.4. The molecule has 1 heterocycles. The Morgan fingerprint density at radius 3 is 2.52 bits per heavy atom. The number of piperidine rings is 1. The fraction of sp³-hybridized carbons (Fsp3) is 0.579. The van der Waals surface area contributed by atoms with Crippen molar-refractivity contribution in [1.29, 1.82) is 0 Å². The SMILES string of the molecule is C[C@@H]1CN(C(=O)OCc2ccccc2)CC[C@@H]1NC(=O)OC(C)(C)C. The van der Waals surface area contributed by atoms with E-state index in [2.05, 4.69) is 5.32 Å². The Balaban J connectivity index is 1.78. The van der Waals surface area contributed by atoms with Gasteiger partial charge in [-0.1, -0.05) is 37.3 Å². The average molecular weight is 348 g/mol. The highest BCUT2D eigenvalue weighted by Gasteiger charge is 2.31. The van der Waals surface area contributed by atoms with Crippen molar-refractivity contribution in [3.05, 3.63) is 35.9 Å². The van der Waals surface area contributed by atoms with Crippen LogP contribution in [0.25, 0.3) is 0 Å². The molecule has 1 N–H and O–H groups in total. The number of likely N-dealkylation sites (tertiary alicyclic amines) is 1. The van der Waals surface area contributed by atoms with Gasteiger partial charge in [0, 0.05) is 19.1 Å². The van der Waals surface area contributed by atoms with E-state index in [1.807, 2.05) is 58.0 Å². The number of benzene rings is 1. The third kappa shape index (κ3) is 6.29. The highest BCUT2D eigenvalue weighted by Crippen LogP contribution is 2.19. The van der Waals surface area contributed by atoms with Gasteiger partial charge in [0.15, 0.2) is 0 Å². The minimum absolute atomic E-state index is 0.00646. The number of nitrogens with one attached hydrogen (secondary N) is 1. The lowest BCUT2D eigenvalue weighted by molar-refractivity contribution is 0.0424. The maximum atomic E-state index is 12.2. The molecular formula is C19H28N2O4. The van der Waals surface area contributed by atoms with Gasteiger partial charge in [-0.05, 0) is 38.7 Å². The molecule has 6 nitrogen and oxygen atoms in total. The lowest BCUT2D eigenvalue weighted by Gasteiger charge is -2.36. The third-order valence-corrected chi connectivity index (χ3v) is 4.07. The van der Waals surface area contributed by atoms with Gasteiger partial charge >= 0.3 is 12.2 Å². The molecule has 1 saturated heterocycles. The van der Waals surface area contributed by atoms with Crippen molar-refractivity contribution in [2.45, 2.75) is 52.4 Å². The molecule has 0 bridgehead atoms. The number of hydrogen-bond donors (Lipinski definition) is 1. The molecule has 1 aliphatic heterocycles. The summed E-state index contributed by atoms with van der Waals surface area (Å²) in [5.74, 6) is 0.130. The van der Waals surface area contributed by atoms with Gasteiger partial charge in [-0.15, -0.1) is 0 Å². The van der Waals surface area contributed by atoms with Gasteiger partial charge < -0.3 is 19.7 Å². The van der Waals surface area contributed by atoms with Crippen molar-refractivity contribution in [2.75, 3.05) is 13.1 Å². The molecule has 0 spiro atoms. The van der Waals surface area contributed by atoms with E-state index in [9.17, 15) is 9.59 Å². The predicted octanol–water partition coefficient (Wildman–Crippen LogP) is 3.56. The number of nitrogens with zero attached hydrogens (tertiary/aromatic N) is 1. The van der Waals surface area contributed by atoms with Gasteiger partial charge in [-0.3, -0.25) is 0 Å². The molecule has 1 fully saturated rings. The first kappa shape index (κ1) is 19.1. The Labute approximate surface area is 149 Å². The van der Waals surface area contributed by atoms with Crippen molar-refractivity contribution >= 4 is 12.2 Å². The second-order valence-electron chi connectivity index (χ2n) is 7.50. The maximum absolute atomic E-state index is 12.2. The van der Waals surface area contributed by atoms with Crippen LogP contribution >= 0.6 is 0 Å². The Morgan fingerprint density at radius 1 is 1.24 bits per heavy atom. The van der Waals surface area contributed by atoms with Crippen LogP contribution in [0.5, 0.6) is 0 Å². The largest absolute Gasteiger partial charge is 0.445 e. The summed E-state index contributed by atoms with van der Waals surface area (Å²) in [6, 6.07) is 9.60. The minimum atomic E-state index is -0.519. The molecule has 0 unspecified atom stereocenters. The van der Waals surface area contributed by atoms with Gasteiger partial charge in [0.1, 0.15) is 12.2 Å².